The highest BCUT2D eigenvalue weighted by Gasteiger charge is 2.17. The van der Waals surface area contributed by atoms with Crippen molar-refractivity contribution in [2.24, 2.45) is 20.5 Å². The van der Waals surface area contributed by atoms with Crippen LogP contribution in [0.15, 0.2) is 127 Å². The van der Waals surface area contributed by atoms with E-state index in [0.717, 1.165) is 0 Å². The summed E-state index contributed by atoms with van der Waals surface area (Å²) in [6.07, 6.45) is 0. The third-order valence-corrected chi connectivity index (χ3v) is 6.43. The number of anilines is 2. The van der Waals surface area contributed by atoms with Crippen LogP contribution in [0.25, 0.3) is 0 Å². The van der Waals surface area contributed by atoms with Crippen LogP contribution in [-0.4, -0.2) is 8.42 Å². The SMILES string of the molecule is Nc1ccc(N=Nc2ccc(S(=O)(=O)c3ccc(N=Nc4ccc(N)cc4)cc3)cc2)cc1. The molecule has 4 aromatic carbocycles. The van der Waals surface area contributed by atoms with E-state index in [1.807, 2.05) is 0 Å². The van der Waals surface area contributed by atoms with Gasteiger partial charge in [-0.1, -0.05) is 0 Å². The minimum absolute atomic E-state index is 0.158. The second-order valence-electron chi connectivity index (χ2n) is 7.07. The molecule has 9 heteroatoms. The van der Waals surface area contributed by atoms with E-state index >= 15 is 0 Å². The van der Waals surface area contributed by atoms with E-state index < -0.39 is 9.84 Å². The van der Waals surface area contributed by atoms with Gasteiger partial charge in [0.25, 0.3) is 0 Å². The molecule has 0 unspecified atom stereocenters. The molecule has 0 aliphatic heterocycles. The average Bonchev–Trinajstić information content (AvgIpc) is 2.84. The van der Waals surface area contributed by atoms with Crippen LogP contribution in [-0.2, 0) is 9.84 Å². The van der Waals surface area contributed by atoms with Crippen LogP contribution >= 0.6 is 0 Å². The summed E-state index contributed by atoms with van der Waals surface area (Å²) in [7, 11) is -3.69. The molecule has 0 aromatic heterocycles. The van der Waals surface area contributed by atoms with Crippen molar-refractivity contribution in [2.75, 3.05) is 11.5 Å². The molecule has 0 radical (unpaired) electrons. The van der Waals surface area contributed by atoms with Gasteiger partial charge in [0.2, 0.25) is 9.84 Å². The number of rotatable bonds is 6. The molecule has 0 aliphatic carbocycles. The van der Waals surface area contributed by atoms with Gasteiger partial charge in [-0.3, -0.25) is 0 Å². The lowest BCUT2D eigenvalue weighted by molar-refractivity contribution is 0.596. The van der Waals surface area contributed by atoms with Gasteiger partial charge >= 0.3 is 0 Å². The van der Waals surface area contributed by atoms with Gasteiger partial charge in [-0.15, -0.1) is 0 Å². The van der Waals surface area contributed by atoms with Crippen molar-refractivity contribution >= 4 is 44.0 Å². The maximum Gasteiger partial charge on any atom is 0.206 e. The van der Waals surface area contributed by atoms with Gasteiger partial charge in [0.05, 0.1) is 32.5 Å². The fourth-order valence-electron chi connectivity index (χ4n) is 2.83. The standard InChI is InChI=1S/C24H20N6O2S/c25-17-1-5-19(6-2-17)27-29-21-9-13-23(14-10-21)33(31,32)24-15-11-22(12-16-24)30-28-20-7-3-18(26)4-8-20/h1-16H,25-26H2. The second-order valence-corrected chi connectivity index (χ2v) is 9.02. The predicted octanol–water partition coefficient (Wildman–Crippen LogP) is 6.51. The van der Waals surface area contributed by atoms with Crippen LogP contribution in [0.5, 0.6) is 0 Å². The first-order chi connectivity index (χ1) is 15.9. The van der Waals surface area contributed by atoms with Crippen LogP contribution in [0, 0.1) is 0 Å². The Hall–Kier alpha value is -4.37. The largest absolute Gasteiger partial charge is 0.399 e. The molecular formula is C24H20N6O2S. The number of nitrogens with two attached hydrogens (primary N) is 2. The molecule has 4 N–H and O–H groups in total. The van der Waals surface area contributed by atoms with Crippen LogP contribution in [0.3, 0.4) is 0 Å². The Kier molecular flexibility index (Phi) is 6.23. The fraction of sp³-hybridized carbons (Fsp3) is 0. The third-order valence-electron chi connectivity index (χ3n) is 4.64. The number of hydrogen-bond donors (Lipinski definition) is 2. The first-order valence-corrected chi connectivity index (χ1v) is 11.4. The smallest absolute Gasteiger partial charge is 0.206 e. The molecule has 0 amide bonds. The quantitative estimate of drug-likeness (QED) is 0.252. The van der Waals surface area contributed by atoms with Crippen molar-refractivity contribution in [3.8, 4) is 0 Å². The molecule has 0 saturated carbocycles. The van der Waals surface area contributed by atoms with E-state index in [2.05, 4.69) is 20.5 Å². The maximum absolute atomic E-state index is 12.9. The molecule has 4 aromatic rings. The maximum atomic E-state index is 12.9. The highest BCUT2D eigenvalue weighted by molar-refractivity contribution is 7.91. The van der Waals surface area contributed by atoms with Gasteiger partial charge in [-0.2, -0.15) is 20.5 Å². The van der Waals surface area contributed by atoms with Gasteiger partial charge in [0.15, 0.2) is 0 Å². The number of nitrogens with zero attached hydrogens (tertiary/aromatic N) is 4. The van der Waals surface area contributed by atoms with E-state index in [1.54, 1.807) is 72.8 Å². The average molecular weight is 457 g/mol. The molecule has 0 bridgehead atoms. The Bertz CT molecular complexity index is 1290. The summed E-state index contributed by atoms with van der Waals surface area (Å²) < 4.78 is 25.9. The highest BCUT2D eigenvalue weighted by Crippen LogP contribution is 2.27. The number of sulfone groups is 1. The topological polar surface area (TPSA) is 136 Å². The first kappa shape index (κ1) is 21.8. The van der Waals surface area contributed by atoms with Gasteiger partial charge in [-0.25, -0.2) is 8.42 Å². The van der Waals surface area contributed by atoms with Gasteiger partial charge in [0, 0.05) is 11.4 Å². The second kappa shape index (κ2) is 9.41. The zero-order valence-corrected chi connectivity index (χ0v) is 18.2. The summed E-state index contributed by atoms with van der Waals surface area (Å²) in [4.78, 5) is 0.315. The van der Waals surface area contributed by atoms with Gasteiger partial charge in [-0.05, 0) is 97.1 Å². The zero-order chi connectivity index (χ0) is 23.3. The molecule has 0 heterocycles. The first-order valence-electron chi connectivity index (χ1n) is 9.90. The molecule has 0 atom stereocenters. The summed E-state index contributed by atoms with van der Waals surface area (Å²) in [5, 5.41) is 16.5. The monoisotopic (exact) mass is 456 g/mol. The van der Waals surface area contributed by atoms with Crippen molar-refractivity contribution in [1.82, 2.24) is 0 Å². The lowest BCUT2D eigenvalue weighted by Crippen LogP contribution is -2.01. The van der Waals surface area contributed by atoms with Crippen LogP contribution < -0.4 is 11.5 Å². The van der Waals surface area contributed by atoms with Crippen molar-refractivity contribution in [3.63, 3.8) is 0 Å². The van der Waals surface area contributed by atoms with E-state index in [4.69, 9.17) is 11.5 Å². The van der Waals surface area contributed by atoms with Gasteiger partial charge < -0.3 is 11.5 Å². The summed E-state index contributed by atoms with van der Waals surface area (Å²) in [6.45, 7) is 0. The zero-order valence-electron chi connectivity index (χ0n) is 17.4. The number of benzene rings is 4. The molecular weight excluding hydrogens is 436 g/mol. The van der Waals surface area contributed by atoms with E-state index in [1.165, 1.54) is 24.3 Å². The highest BCUT2D eigenvalue weighted by atomic mass is 32.2. The summed E-state index contributed by atoms with van der Waals surface area (Å²) in [5.74, 6) is 0. The summed E-state index contributed by atoms with van der Waals surface area (Å²) in [6, 6.07) is 26.3. The normalized spacial score (nSPS) is 11.9. The fourth-order valence-corrected chi connectivity index (χ4v) is 4.09. The lowest BCUT2D eigenvalue weighted by atomic mass is 10.3. The molecule has 8 nitrogen and oxygen atoms in total. The summed E-state index contributed by atoms with van der Waals surface area (Å²) >= 11 is 0. The molecule has 0 saturated heterocycles. The Morgan fingerprint density at radius 1 is 0.424 bits per heavy atom. The summed E-state index contributed by atoms with van der Waals surface area (Å²) in [5.41, 5.74) is 14.9. The molecule has 4 rings (SSSR count). The Balaban J connectivity index is 1.47. The predicted molar refractivity (Wildman–Crippen MR) is 128 cm³/mol. The van der Waals surface area contributed by atoms with Crippen molar-refractivity contribution in [3.05, 3.63) is 97.1 Å². The van der Waals surface area contributed by atoms with Crippen LogP contribution in [0.1, 0.15) is 0 Å². The molecule has 0 aliphatic rings. The molecule has 164 valence electrons. The third kappa shape index (κ3) is 5.46. The number of nitrogen functional groups attached to an aromatic ring is 2. The number of azo groups is 2. The van der Waals surface area contributed by atoms with E-state index in [-0.39, 0.29) is 9.79 Å². The van der Waals surface area contributed by atoms with E-state index in [9.17, 15) is 8.42 Å². The van der Waals surface area contributed by atoms with Crippen molar-refractivity contribution < 1.29 is 8.42 Å². The van der Waals surface area contributed by atoms with E-state index in [0.29, 0.717) is 34.1 Å². The Morgan fingerprint density at radius 2 is 0.667 bits per heavy atom. The Labute approximate surface area is 191 Å². The van der Waals surface area contributed by atoms with Crippen LogP contribution in [0.2, 0.25) is 0 Å². The van der Waals surface area contributed by atoms with Crippen LogP contribution in [0.4, 0.5) is 34.1 Å². The Morgan fingerprint density at radius 3 is 0.939 bits per heavy atom. The minimum atomic E-state index is -3.69. The number of hydrogen-bond acceptors (Lipinski definition) is 8. The van der Waals surface area contributed by atoms with Gasteiger partial charge in [0.1, 0.15) is 0 Å². The lowest BCUT2D eigenvalue weighted by Gasteiger charge is -2.05. The molecule has 0 spiro atoms. The van der Waals surface area contributed by atoms with Crippen molar-refractivity contribution in [1.29, 1.82) is 0 Å². The van der Waals surface area contributed by atoms with Crippen molar-refractivity contribution in [2.45, 2.75) is 9.79 Å². The minimum Gasteiger partial charge on any atom is -0.399 e. The molecule has 33 heavy (non-hydrogen) atoms. The molecule has 0 fully saturated rings.